The summed E-state index contributed by atoms with van der Waals surface area (Å²) < 4.78 is 59.2. The van der Waals surface area contributed by atoms with E-state index in [4.69, 9.17) is 0 Å². The Morgan fingerprint density at radius 1 is 0.846 bits per heavy atom. The van der Waals surface area contributed by atoms with Gasteiger partial charge in [0.05, 0.1) is 0 Å². The van der Waals surface area contributed by atoms with Crippen LogP contribution in [0.15, 0.2) is 0 Å². The summed E-state index contributed by atoms with van der Waals surface area (Å²) in [4.78, 5) is 0. The molecule has 0 spiro atoms. The molecule has 0 saturated carbocycles. The Hall–Kier alpha value is 1.32. The summed E-state index contributed by atoms with van der Waals surface area (Å²) in [5.74, 6) is 0. The number of hydrogen-bond donors (Lipinski definition) is 2. The van der Waals surface area contributed by atoms with Gasteiger partial charge in [0, 0.05) is 0 Å². The maximum atomic E-state index is 10.8. The standard InChI is InChI=1S/2CH4FNO2S.K.H/c2*2-1-6(3,4)5;;/h2*1H2,(H2,3,4,5);;. The Labute approximate surface area is 118 Å². The second-order valence-electron chi connectivity index (χ2n) is 1.54. The van der Waals surface area contributed by atoms with E-state index >= 15 is 0 Å². The van der Waals surface area contributed by atoms with Crippen LogP contribution in [0.5, 0.6) is 0 Å². The fourth-order valence-corrected chi connectivity index (χ4v) is 0. The van der Waals surface area contributed by atoms with Crippen molar-refractivity contribution >= 4 is 71.4 Å². The molecule has 4 N–H and O–H groups in total. The Bertz CT molecular complexity index is 268. The molecular weight excluding hydrogens is 257 g/mol. The van der Waals surface area contributed by atoms with E-state index in [2.05, 4.69) is 10.3 Å². The van der Waals surface area contributed by atoms with E-state index in [1.807, 2.05) is 0 Å². The van der Waals surface area contributed by atoms with Crippen LogP contribution in [0.2, 0.25) is 0 Å². The molecule has 0 aromatic rings. The second kappa shape index (κ2) is 8.61. The average molecular weight is 266 g/mol. The van der Waals surface area contributed by atoms with Crippen LogP contribution in [0, 0.1) is 0 Å². The molecule has 0 saturated heterocycles. The van der Waals surface area contributed by atoms with Gasteiger partial charge in [0.2, 0.25) is 32.1 Å². The van der Waals surface area contributed by atoms with Gasteiger partial charge >= 0.3 is 51.4 Å². The van der Waals surface area contributed by atoms with E-state index in [1.54, 1.807) is 0 Å². The normalized spacial score (nSPS) is 10.8. The van der Waals surface area contributed by atoms with Crippen LogP contribution in [-0.4, -0.2) is 80.2 Å². The molecule has 0 rings (SSSR count). The van der Waals surface area contributed by atoms with E-state index in [0.717, 1.165) is 0 Å². The summed E-state index contributed by atoms with van der Waals surface area (Å²) in [6.07, 6.45) is 0. The predicted octanol–water partition coefficient (Wildman–Crippen LogP) is -2.24. The number of nitrogens with two attached hydrogens (primary N) is 2. The van der Waals surface area contributed by atoms with Crippen molar-refractivity contribution in [3.05, 3.63) is 0 Å². The van der Waals surface area contributed by atoms with E-state index in [1.165, 1.54) is 0 Å². The van der Waals surface area contributed by atoms with Gasteiger partial charge < -0.3 is 0 Å². The van der Waals surface area contributed by atoms with Gasteiger partial charge in [-0.25, -0.2) is 35.9 Å². The van der Waals surface area contributed by atoms with Crippen molar-refractivity contribution in [3.8, 4) is 0 Å². The zero-order chi connectivity index (χ0) is 10.4. The van der Waals surface area contributed by atoms with Gasteiger partial charge in [0.25, 0.3) is 0 Å². The summed E-state index contributed by atoms with van der Waals surface area (Å²) >= 11 is 0. The van der Waals surface area contributed by atoms with E-state index in [9.17, 15) is 25.6 Å². The minimum atomic E-state index is -3.83. The number of primary sulfonamides is 2. The molecule has 0 radical (unpaired) electrons. The molecule has 0 aromatic carbocycles. The number of hydrogen-bond acceptors (Lipinski definition) is 4. The number of sulfonamides is 2. The SMILES string of the molecule is NS(=O)(=O)CF.NS(=O)(=O)CF.[KH]. The molecule has 0 unspecified atom stereocenters. The van der Waals surface area contributed by atoms with Crippen LogP contribution in [0.1, 0.15) is 0 Å². The fourth-order valence-electron chi connectivity index (χ4n) is 0. The summed E-state index contributed by atoms with van der Waals surface area (Å²) in [5, 5.41) is 8.26. The quantitative estimate of drug-likeness (QED) is 0.549. The van der Waals surface area contributed by atoms with Gasteiger partial charge in [-0.15, -0.1) is 0 Å². The maximum absolute atomic E-state index is 10.8. The van der Waals surface area contributed by atoms with Crippen molar-refractivity contribution in [1.29, 1.82) is 0 Å². The second-order valence-corrected chi connectivity index (χ2v) is 4.63. The molecule has 0 aliphatic heterocycles. The van der Waals surface area contributed by atoms with Crippen molar-refractivity contribution < 1.29 is 25.6 Å². The molecule has 0 aliphatic carbocycles. The van der Waals surface area contributed by atoms with Gasteiger partial charge in [0.15, 0.2) is 0 Å². The van der Waals surface area contributed by atoms with Gasteiger partial charge in [0.1, 0.15) is 0 Å². The van der Waals surface area contributed by atoms with E-state index < -0.39 is 32.1 Å². The number of alkyl halides is 2. The first-order valence-corrected chi connectivity index (χ1v) is 5.68. The molecular formula is C2H9F2KN2O4S2. The molecule has 0 atom stereocenters. The monoisotopic (exact) mass is 266 g/mol. The third-order valence-electron chi connectivity index (χ3n) is 0.304. The molecule has 6 nitrogen and oxygen atoms in total. The number of halogens is 2. The fraction of sp³-hybridized carbons (Fsp3) is 1.00. The van der Waals surface area contributed by atoms with Crippen molar-refractivity contribution in [1.82, 2.24) is 0 Å². The third-order valence-corrected chi connectivity index (χ3v) is 0.912. The summed E-state index contributed by atoms with van der Waals surface area (Å²) in [5.41, 5.74) is 0. The first kappa shape index (κ1) is 19.8. The summed E-state index contributed by atoms with van der Waals surface area (Å²) in [6, 6.07) is -2.96. The van der Waals surface area contributed by atoms with Crippen LogP contribution in [0.3, 0.4) is 0 Å². The summed E-state index contributed by atoms with van der Waals surface area (Å²) in [7, 11) is -7.66. The van der Waals surface area contributed by atoms with Crippen molar-refractivity contribution in [2.45, 2.75) is 0 Å². The van der Waals surface area contributed by atoms with Gasteiger partial charge in [-0.05, 0) is 0 Å². The molecule has 13 heavy (non-hydrogen) atoms. The number of rotatable bonds is 2. The van der Waals surface area contributed by atoms with Crippen LogP contribution in [0.25, 0.3) is 0 Å². The third kappa shape index (κ3) is 31.9. The molecule has 0 fully saturated rings. The first-order chi connectivity index (χ1) is 5.12. The van der Waals surface area contributed by atoms with Crippen LogP contribution in [-0.2, 0) is 20.0 Å². The van der Waals surface area contributed by atoms with Gasteiger partial charge in [-0.2, -0.15) is 0 Å². The zero-order valence-corrected chi connectivity index (χ0v) is 7.41. The minimum absolute atomic E-state index is 0. The van der Waals surface area contributed by atoms with Crippen molar-refractivity contribution in [2.75, 3.05) is 12.0 Å². The summed E-state index contributed by atoms with van der Waals surface area (Å²) in [6.45, 7) is 0. The predicted molar refractivity (Wildman–Crippen MR) is 45.3 cm³/mol. The molecule has 0 aromatic heterocycles. The average Bonchev–Trinajstić information content (AvgIpc) is 1.86. The van der Waals surface area contributed by atoms with Crippen molar-refractivity contribution in [2.24, 2.45) is 10.3 Å². The Morgan fingerprint density at radius 3 is 0.923 bits per heavy atom. The zero-order valence-electron chi connectivity index (χ0n) is 5.77. The molecule has 0 heterocycles. The first-order valence-electron chi connectivity index (χ1n) is 2.25. The Morgan fingerprint density at radius 2 is 0.923 bits per heavy atom. The Balaban J connectivity index is -0.000000143. The molecule has 0 aliphatic rings. The topological polar surface area (TPSA) is 120 Å². The van der Waals surface area contributed by atoms with Crippen LogP contribution in [0.4, 0.5) is 8.78 Å². The van der Waals surface area contributed by atoms with Gasteiger partial charge in [-0.1, -0.05) is 0 Å². The van der Waals surface area contributed by atoms with E-state index in [0.29, 0.717) is 0 Å². The van der Waals surface area contributed by atoms with E-state index in [-0.39, 0.29) is 51.4 Å². The molecule has 0 amide bonds. The molecule has 11 heteroatoms. The van der Waals surface area contributed by atoms with Crippen molar-refractivity contribution in [3.63, 3.8) is 0 Å². The van der Waals surface area contributed by atoms with Crippen LogP contribution < -0.4 is 10.3 Å². The molecule has 78 valence electrons. The van der Waals surface area contributed by atoms with Gasteiger partial charge in [-0.3, -0.25) is 0 Å². The Kier molecular flexibility index (Phi) is 13.1. The molecule has 0 bridgehead atoms. The van der Waals surface area contributed by atoms with Crippen LogP contribution >= 0.6 is 0 Å².